The van der Waals surface area contributed by atoms with E-state index in [1.165, 1.54) is 5.56 Å². The first kappa shape index (κ1) is 38.8. The van der Waals surface area contributed by atoms with Gasteiger partial charge < -0.3 is 24.7 Å². The predicted octanol–water partition coefficient (Wildman–Crippen LogP) is 6.62. The Morgan fingerprint density at radius 1 is 0.961 bits per heavy atom. The van der Waals surface area contributed by atoms with Gasteiger partial charge in [0.1, 0.15) is 11.6 Å². The number of hydrogen-bond donors (Lipinski definition) is 2. The lowest BCUT2D eigenvalue weighted by Crippen LogP contribution is -2.48. The molecule has 0 aliphatic carbocycles. The van der Waals surface area contributed by atoms with Crippen molar-refractivity contribution in [3.05, 3.63) is 65.5 Å². The molecule has 3 aromatic rings. The molecule has 51 heavy (non-hydrogen) atoms. The number of rotatable bonds is 15. The molecule has 278 valence electrons. The van der Waals surface area contributed by atoms with E-state index >= 15 is 0 Å². The van der Waals surface area contributed by atoms with Crippen LogP contribution in [0, 0.1) is 0 Å². The number of piperidine rings is 1. The van der Waals surface area contributed by atoms with Crippen molar-refractivity contribution in [1.82, 2.24) is 24.8 Å². The first-order chi connectivity index (χ1) is 24.3. The Bertz CT molecular complexity index is 1560. The third kappa shape index (κ3) is 11.0. The van der Waals surface area contributed by atoms with Crippen LogP contribution in [0.1, 0.15) is 68.9 Å². The Balaban J connectivity index is 1.13. The maximum absolute atomic E-state index is 13.5. The molecule has 2 aliphatic rings. The minimum atomic E-state index is -1.70. The van der Waals surface area contributed by atoms with E-state index in [4.69, 9.17) is 14.1 Å². The lowest BCUT2D eigenvalue weighted by molar-refractivity contribution is 0.0816. The van der Waals surface area contributed by atoms with E-state index in [0.717, 1.165) is 83.1 Å². The lowest BCUT2D eigenvalue weighted by atomic mass is 10.0. The number of methoxy groups -OCH3 is 1. The Morgan fingerprint density at radius 2 is 1.65 bits per heavy atom. The van der Waals surface area contributed by atoms with Gasteiger partial charge in [0.2, 0.25) is 5.95 Å². The maximum atomic E-state index is 13.5. The summed E-state index contributed by atoms with van der Waals surface area (Å²) in [7, 11) is 0.0703. The van der Waals surface area contributed by atoms with Crippen LogP contribution in [0.3, 0.4) is 0 Å². The molecular formula is C39H60N8O3Si. The molecule has 5 rings (SSSR count). The van der Waals surface area contributed by atoms with Crippen molar-refractivity contribution in [3.63, 3.8) is 0 Å². The quantitative estimate of drug-likeness (QED) is 0.131. The molecule has 2 fully saturated rings. The SMILES string of the molecule is COC1CCN(c2nccc(Nc3cc(NC(C)C)c(CC(=O)c4ccc(CN5CCN(CCO[Si](C)(C)C(C)(C)C)CC5)cc4)cn3)n2)CC1. The Kier molecular flexibility index (Phi) is 13.2. The molecule has 0 saturated carbocycles. The summed E-state index contributed by atoms with van der Waals surface area (Å²) < 4.78 is 11.9. The number of ketones is 1. The first-order valence-electron chi connectivity index (χ1n) is 18.6. The van der Waals surface area contributed by atoms with Crippen molar-refractivity contribution in [1.29, 1.82) is 0 Å². The fourth-order valence-corrected chi connectivity index (χ4v) is 7.31. The highest BCUT2D eigenvalue weighted by molar-refractivity contribution is 6.74. The number of anilines is 4. The number of hydrogen-bond acceptors (Lipinski definition) is 11. The van der Waals surface area contributed by atoms with Gasteiger partial charge in [-0.15, -0.1) is 0 Å². The van der Waals surface area contributed by atoms with E-state index < -0.39 is 8.32 Å². The molecule has 2 aliphatic heterocycles. The molecule has 0 spiro atoms. The Hall–Kier alpha value is -3.42. The smallest absolute Gasteiger partial charge is 0.227 e. The average Bonchev–Trinajstić information content (AvgIpc) is 3.10. The summed E-state index contributed by atoms with van der Waals surface area (Å²) in [6, 6.07) is 12.1. The fourth-order valence-electron chi connectivity index (χ4n) is 6.28. The molecule has 0 radical (unpaired) electrons. The van der Waals surface area contributed by atoms with Gasteiger partial charge in [0.15, 0.2) is 14.1 Å². The highest BCUT2D eigenvalue weighted by Gasteiger charge is 2.37. The fraction of sp³-hybridized carbons (Fsp3) is 0.590. The zero-order valence-corrected chi connectivity index (χ0v) is 33.2. The number of pyridine rings is 1. The van der Waals surface area contributed by atoms with Gasteiger partial charge in [0.25, 0.3) is 0 Å². The molecular weight excluding hydrogens is 657 g/mol. The van der Waals surface area contributed by atoms with Crippen LogP contribution in [0.15, 0.2) is 48.8 Å². The second-order valence-electron chi connectivity index (χ2n) is 15.8. The van der Waals surface area contributed by atoms with Crippen LogP contribution in [-0.2, 0) is 22.1 Å². The summed E-state index contributed by atoms with van der Waals surface area (Å²) in [6.07, 6.45) is 6.03. The summed E-state index contributed by atoms with van der Waals surface area (Å²) in [5.41, 5.74) is 3.69. The van der Waals surface area contributed by atoms with Crippen molar-refractivity contribution in [3.8, 4) is 0 Å². The number of nitrogens with zero attached hydrogens (tertiary/aromatic N) is 6. The molecule has 2 N–H and O–H groups in total. The summed E-state index contributed by atoms with van der Waals surface area (Å²) >= 11 is 0. The van der Waals surface area contributed by atoms with Crippen molar-refractivity contribution >= 4 is 37.4 Å². The number of carbonyl (C=O) groups is 1. The molecule has 4 heterocycles. The minimum absolute atomic E-state index is 0.0714. The third-order valence-electron chi connectivity index (χ3n) is 10.6. The monoisotopic (exact) mass is 716 g/mol. The Morgan fingerprint density at radius 3 is 2.29 bits per heavy atom. The number of benzene rings is 1. The van der Waals surface area contributed by atoms with Crippen LogP contribution in [0.5, 0.6) is 0 Å². The molecule has 0 unspecified atom stereocenters. The largest absolute Gasteiger partial charge is 0.416 e. The highest BCUT2D eigenvalue weighted by atomic mass is 28.4. The second kappa shape index (κ2) is 17.4. The highest BCUT2D eigenvalue weighted by Crippen LogP contribution is 2.36. The molecule has 2 aromatic heterocycles. The van der Waals surface area contributed by atoms with E-state index in [0.29, 0.717) is 29.3 Å². The standard InChI is InChI=1S/C39H60N8O3Si/c1-29(2)42-34-26-37(43-36-13-16-40-38(44-36)47-17-14-33(49-6)15-18-47)41-27-32(34)25-35(48)31-11-9-30(10-12-31)28-46-21-19-45(20-22-46)23-24-50-51(7,8)39(3,4)5/h9-13,16,26-27,29,33H,14-15,17-25,28H2,1-8H3,(H2,40,41,42,43,44). The third-order valence-corrected chi connectivity index (χ3v) is 15.1. The minimum Gasteiger partial charge on any atom is -0.416 e. The molecule has 0 bridgehead atoms. The molecule has 0 amide bonds. The molecule has 1 aromatic carbocycles. The number of nitrogens with one attached hydrogen (secondary N) is 2. The van der Waals surface area contributed by atoms with E-state index in [1.807, 2.05) is 24.3 Å². The lowest BCUT2D eigenvalue weighted by Gasteiger charge is -2.38. The van der Waals surface area contributed by atoms with Crippen molar-refractivity contribution in [2.75, 3.05) is 75.1 Å². The van der Waals surface area contributed by atoms with Crippen LogP contribution in [0.2, 0.25) is 18.1 Å². The van der Waals surface area contributed by atoms with Crippen LogP contribution < -0.4 is 15.5 Å². The topological polar surface area (TPSA) is 108 Å². The van der Waals surface area contributed by atoms with Gasteiger partial charge in [-0.3, -0.25) is 14.6 Å². The van der Waals surface area contributed by atoms with Crippen LogP contribution in [0.25, 0.3) is 0 Å². The first-order valence-corrected chi connectivity index (χ1v) is 21.5. The molecule has 0 atom stereocenters. The van der Waals surface area contributed by atoms with Gasteiger partial charge in [-0.25, -0.2) is 9.97 Å². The average molecular weight is 717 g/mol. The predicted molar refractivity (Wildman–Crippen MR) is 210 cm³/mol. The number of ether oxygens (including phenoxy) is 1. The summed E-state index contributed by atoms with van der Waals surface area (Å²) in [4.78, 5) is 34.6. The van der Waals surface area contributed by atoms with E-state index in [-0.39, 0.29) is 23.3 Å². The second-order valence-corrected chi connectivity index (χ2v) is 20.6. The maximum Gasteiger partial charge on any atom is 0.227 e. The van der Waals surface area contributed by atoms with Gasteiger partial charge in [-0.1, -0.05) is 45.0 Å². The Labute approximate surface area is 306 Å². The van der Waals surface area contributed by atoms with Gasteiger partial charge in [0.05, 0.1) is 6.10 Å². The van der Waals surface area contributed by atoms with Gasteiger partial charge in [0, 0.05) is 114 Å². The summed E-state index contributed by atoms with van der Waals surface area (Å²) in [5, 5.41) is 7.10. The molecule has 11 nitrogen and oxygen atoms in total. The van der Waals surface area contributed by atoms with Crippen LogP contribution in [-0.4, -0.2) is 111 Å². The molecule has 2 saturated heterocycles. The zero-order chi connectivity index (χ0) is 36.6. The van der Waals surface area contributed by atoms with Gasteiger partial charge in [-0.2, -0.15) is 4.98 Å². The number of piperazine rings is 1. The zero-order valence-electron chi connectivity index (χ0n) is 32.2. The van der Waals surface area contributed by atoms with E-state index in [2.05, 4.69) is 95.1 Å². The molecule has 12 heteroatoms. The summed E-state index contributed by atoms with van der Waals surface area (Å²) in [5.74, 6) is 2.10. The van der Waals surface area contributed by atoms with Gasteiger partial charge in [-0.05, 0) is 56.5 Å². The van der Waals surface area contributed by atoms with Crippen molar-refractivity contribution in [2.24, 2.45) is 0 Å². The summed E-state index contributed by atoms with van der Waals surface area (Å²) in [6.45, 7) is 24.3. The van der Waals surface area contributed by atoms with E-state index in [9.17, 15) is 4.79 Å². The van der Waals surface area contributed by atoms with Gasteiger partial charge >= 0.3 is 0 Å². The van der Waals surface area contributed by atoms with E-state index in [1.54, 1.807) is 19.5 Å². The number of aromatic nitrogens is 3. The van der Waals surface area contributed by atoms with Crippen LogP contribution >= 0.6 is 0 Å². The normalized spacial score (nSPS) is 16.8. The van der Waals surface area contributed by atoms with Crippen molar-refractivity contribution < 1.29 is 14.0 Å². The number of carbonyl (C=O) groups excluding carboxylic acids is 1. The van der Waals surface area contributed by atoms with Crippen LogP contribution in [0.4, 0.5) is 23.3 Å². The number of Topliss-reactive ketones (excluding diaryl/α,β-unsaturated/α-hetero) is 1. The van der Waals surface area contributed by atoms with Crippen molar-refractivity contribution in [2.45, 2.75) is 90.7 Å².